The minimum Gasteiger partial charge on any atom is -0.339 e. The van der Waals surface area contributed by atoms with E-state index < -0.39 is 0 Å². The number of likely N-dealkylation sites (N-methyl/N-ethyl adjacent to an activating group) is 1. The van der Waals surface area contributed by atoms with E-state index in [2.05, 4.69) is 6.92 Å². The highest BCUT2D eigenvalue weighted by molar-refractivity contribution is 5.79. The predicted molar refractivity (Wildman–Crippen MR) is 62.4 cm³/mol. The third-order valence-electron chi connectivity index (χ3n) is 3.92. The standard InChI is InChI=1S/C12H24N2O/c1-9-6-5-7-10(9)11(15)14(4)12(2,3)8-13/h9-10H,5-8,13H2,1-4H3. The van der Waals surface area contributed by atoms with E-state index in [1.807, 2.05) is 25.8 Å². The first-order valence-electron chi connectivity index (χ1n) is 5.88. The highest BCUT2D eigenvalue weighted by Crippen LogP contribution is 2.33. The Bertz CT molecular complexity index is 238. The molecular weight excluding hydrogens is 188 g/mol. The summed E-state index contributed by atoms with van der Waals surface area (Å²) >= 11 is 0. The molecule has 2 unspecified atom stereocenters. The fraction of sp³-hybridized carbons (Fsp3) is 0.917. The molecule has 1 amide bonds. The van der Waals surface area contributed by atoms with Crippen LogP contribution >= 0.6 is 0 Å². The number of nitrogens with zero attached hydrogens (tertiary/aromatic N) is 1. The van der Waals surface area contributed by atoms with Crippen LogP contribution in [0.25, 0.3) is 0 Å². The van der Waals surface area contributed by atoms with Gasteiger partial charge in [0.05, 0.1) is 0 Å². The second-order valence-electron chi connectivity index (χ2n) is 5.43. The minimum atomic E-state index is -0.223. The number of hydrogen-bond donors (Lipinski definition) is 1. The van der Waals surface area contributed by atoms with Gasteiger partial charge >= 0.3 is 0 Å². The van der Waals surface area contributed by atoms with E-state index >= 15 is 0 Å². The summed E-state index contributed by atoms with van der Waals surface area (Å²) in [6, 6.07) is 0. The number of carbonyl (C=O) groups is 1. The molecule has 2 N–H and O–H groups in total. The summed E-state index contributed by atoms with van der Waals surface area (Å²) in [7, 11) is 1.88. The van der Waals surface area contributed by atoms with Crippen molar-refractivity contribution in [3.05, 3.63) is 0 Å². The molecule has 0 radical (unpaired) electrons. The van der Waals surface area contributed by atoms with Gasteiger partial charge in [-0.25, -0.2) is 0 Å². The molecule has 1 aliphatic carbocycles. The molecule has 0 aromatic carbocycles. The van der Waals surface area contributed by atoms with Crippen LogP contribution in [0.4, 0.5) is 0 Å². The molecule has 0 saturated heterocycles. The summed E-state index contributed by atoms with van der Waals surface area (Å²) in [5.41, 5.74) is 5.46. The Morgan fingerprint density at radius 3 is 2.47 bits per heavy atom. The van der Waals surface area contributed by atoms with Gasteiger partial charge in [0.25, 0.3) is 0 Å². The average molecular weight is 212 g/mol. The van der Waals surface area contributed by atoms with Crippen molar-refractivity contribution in [2.45, 2.75) is 45.6 Å². The number of amides is 1. The molecule has 0 aromatic heterocycles. The van der Waals surface area contributed by atoms with Gasteiger partial charge in [0.1, 0.15) is 0 Å². The van der Waals surface area contributed by atoms with Gasteiger partial charge in [0.2, 0.25) is 5.91 Å². The van der Waals surface area contributed by atoms with Crippen molar-refractivity contribution in [1.29, 1.82) is 0 Å². The van der Waals surface area contributed by atoms with Gasteiger partial charge in [-0.3, -0.25) is 4.79 Å². The molecule has 1 aliphatic rings. The Hall–Kier alpha value is -0.570. The maximum absolute atomic E-state index is 12.2. The van der Waals surface area contributed by atoms with E-state index in [0.717, 1.165) is 6.42 Å². The second kappa shape index (κ2) is 4.52. The molecule has 0 heterocycles. The zero-order valence-electron chi connectivity index (χ0n) is 10.4. The Morgan fingerprint density at radius 1 is 1.47 bits per heavy atom. The molecule has 88 valence electrons. The highest BCUT2D eigenvalue weighted by atomic mass is 16.2. The summed E-state index contributed by atoms with van der Waals surface area (Å²) in [4.78, 5) is 14.1. The van der Waals surface area contributed by atoms with Crippen molar-refractivity contribution < 1.29 is 4.79 Å². The number of carbonyl (C=O) groups excluding carboxylic acids is 1. The fourth-order valence-corrected chi connectivity index (χ4v) is 2.20. The monoisotopic (exact) mass is 212 g/mol. The minimum absolute atomic E-state index is 0.223. The quantitative estimate of drug-likeness (QED) is 0.772. The molecule has 2 atom stereocenters. The topological polar surface area (TPSA) is 46.3 Å². The van der Waals surface area contributed by atoms with Crippen LogP contribution in [0.3, 0.4) is 0 Å². The smallest absolute Gasteiger partial charge is 0.226 e. The Kier molecular flexibility index (Phi) is 3.77. The van der Waals surface area contributed by atoms with Gasteiger partial charge in [-0.2, -0.15) is 0 Å². The maximum Gasteiger partial charge on any atom is 0.226 e. The first-order chi connectivity index (χ1) is 6.90. The molecule has 3 nitrogen and oxygen atoms in total. The lowest BCUT2D eigenvalue weighted by atomic mass is 9.94. The molecule has 1 rings (SSSR count). The third-order valence-corrected chi connectivity index (χ3v) is 3.92. The lowest BCUT2D eigenvalue weighted by Crippen LogP contribution is -2.52. The van der Waals surface area contributed by atoms with Gasteiger partial charge in [-0.05, 0) is 32.6 Å². The van der Waals surface area contributed by atoms with Crippen molar-refractivity contribution >= 4 is 5.91 Å². The van der Waals surface area contributed by atoms with Crippen molar-refractivity contribution in [2.75, 3.05) is 13.6 Å². The van der Waals surface area contributed by atoms with Gasteiger partial charge < -0.3 is 10.6 Å². The number of hydrogen-bond acceptors (Lipinski definition) is 2. The maximum atomic E-state index is 12.2. The molecule has 15 heavy (non-hydrogen) atoms. The van der Waals surface area contributed by atoms with Crippen LogP contribution < -0.4 is 5.73 Å². The molecule has 0 spiro atoms. The Labute approximate surface area is 93.0 Å². The molecular formula is C12H24N2O. The molecule has 0 aromatic rings. The molecule has 1 saturated carbocycles. The number of nitrogens with two attached hydrogens (primary N) is 1. The van der Waals surface area contributed by atoms with Gasteiger partial charge in [0.15, 0.2) is 0 Å². The van der Waals surface area contributed by atoms with Crippen molar-refractivity contribution in [2.24, 2.45) is 17.6 Å². The largest absolute Gasteiger partial charge is 0.339 e. The van der Waals surface area contributed by atoms with E-state index in [1.165, 1.54) is 12.8 Å². The number of rotatable bonds is 3. The molecule has 1 fully saturated rings. The average Bonchev–Trinajstić information content (AvgIpc) is 2.62. The van der Waals surface area contributed by atoms with E-state index in [0.29, 0.717) is 12.5 Å². The normalized spacial score (nSPS) is 26.7. The van der Waals surface area contributed by atoms with Crippen LogP contribution in [0.5, 0.6) is 0 Å². The third kappa shape index (κ3) is 2.51. The SMILES string of the molecule is CC1CCCC1C(=O)N(C)C(C)(C)CN. The summed E-state index contributed by atoms with van der Waals surface area (Å²) in [5, 5.41) is 0. The highest BCUT2D eigenvalue weighted by Gasteiger charge is 2.35. The van der Waals surface area contributed by atoms with Gasteiger partial charge in [-0.15, -0.1) is 0 Å². The summed E-state index contributed by atoms with van der Waals surface area (Å²) in [6.45, 7) is 6.73. The van der Waals surface area contributed by atoms with Crippen LogP contribution in [0.2, 0.25) is 0 Å². The summed E-state index contributed by atoms with van der Waals surface area (Å²) in [6.07, 6.45) is 3.42. The van der Waals surface area contributed by atoms with E-state index in [1.54, 1.807) is 0 Å². The fourth-order valence-electron chi connectivity index (χ4n) is 2.20. The molecule has 3 heteroatoms. The lowest BCUT2D eigenvalue weighted by molar-refractivity contribution is -0.139. The van der Waals surface area contributed by atoms with Crippen LogP contribution in [-0.2, 0) is 4.79 Å². The summed E-state index contributed by atoms with van der Waals surface area (Å²) < 4.78 is 0. The Balaban J connectivity index is 2.67. The predicted octanol–water partition coefficient (Wildman–Crippen LogP) is 1.62. The van der Waals surface area contributed by atoms with Crippen LogP contribution in [0.15, 0.2) is 0 Å². The second-order valence-corrected chi connectivity index (χ2v) is 5.43. The van der Waals surface area contributed by atoms with Crippen molar-refractivity contribution in [3.8, 4) is 0 Å². The molecule has 0 bridgehead atoms. The van der Waals surface area contributed by atoms with E-state index in [4.69, 9.17) is 5.73 Å². The van der Waals surface area contributed by atoms with Gasteiger partial charge in [0, 0.05) is 25.0 Å². The molecule has 0 aliphatic heterocycles. The van der Waals surface area contributed by atoms with E-state index in [-0.39, 0.29) is 17.4 Å². The van der Waals surface area contributed by atoms with Crippen LogP contribution in [0, 0.1) is 11.8 Å². The van der Waals surface area contributed by atoms with E-state index in [9.17, 15) is 4.79 Å². The first kappa shape index (κ1) is 12.5. The zero-order chi connectivity index (χ0) is 11.6. The summed E-state index contributed by atoms with van der Waals surface area (Å²) in [5.74, 6) is 1.03. The zero-order valence-corrected chi connectivity index (χ0v) is 10.4. The lowest BCUT2D eigenvalue weighted by Gasteiger charge is -2.37. The van der Waals surface area contributed by atoms with Crippen molar-refractivity contribution in [3.63, 3.8) is 0 Å². The Morgan fingerprint density at radius 2 is 2.07 bits per heavy atom. The van der Waals surface area contributed by atoms with Gasteiger partial charge in [-0.1, -0.05) is 13.3 Å². The van der Waals surface area contributed by atoms with Crippen molar-refractivity contribution in [1.82, 2.24) is 4.90 Å². The first-order valence-corrected chi connectivity index (χ1v) is 5.88. The van der Waals surface area contributed by atoms with Crippen LogP contribution in [-0.4, -0.2) is 29.9 Å². The van der Waals surface area contributed by atoms with Crippen LogP contribution in [0.1, 0.15) is 40.0 Å².